The lowest BCUT2D eigenvalue weighted by Gasteiger charge is -2.17. The van der Waals surface area contributed by atoms with Crippen molar-refractivity contribution in [1.29, 1.82) is 0 Å². The number of sulfonamides is 1. The van der Waals surface area contributed by atoms with E-state index in [2.05, 4.69) is 10.0 Å². The summed E-state index contributed by atoms with van der Waals surface area (Å²) in [6, 6.07) is 5.07. The maximum Gasteiger partial charge on any atom is 0.307 e. The zero-order chi connectivity index (χ0) is 19.2. The van der Waals surface area contributed by atoms with Crippen LogP contribution in [0.25, 0.3) is 0 Å². The topological polar surface area (TPSA) is 102 Å². The Morgan fingerprint density at radius 1 is 1.27 bits per heavy atom. The van der Waals surface area contributed by atoms with Crippen molar-refractivity contribution in [3.05, 3.63) is 30.1 Å². The molecule has 1 aliphatic carbocycles. The molecule has 1 amide bonds. The van der Waals surface area contributed by atoms with Gasteiger partial charge in [-0.3, -0.25) is 9.59 Å². The number of hydrogen-bond donors (Lipinski definition) is 2. The maximum atomic E-state index is 13.5. The number of ether oxygens (including phenoxy) is 1. The van der Waals surface area contributed by atoms with E-state index in [0.29, 0.717) is 0 Å². The van der Waals surface area contributed by atoms with Crippen molar-refractivity contribution >= 4 is 21.9 Å². The first-order chi connectivity index (χ1) is 12.3. The number of benzene rings is 1. The van der Waals surface area contributed by atoms with Crippen LogP contribution in [-0.2, 0) is 24.3 Å². The van der Waals surface area contributed by atoms with Crippen LogP contribution >= 0.6 is 0 Å². The summed E-state index contributed by atoms with van der Waals surface area (Å²) in [6.07, 6.45) is 2.76. The average Bonchev–Trinajstić information content (AvgIpc) is 3.07. The summed E-state index contributed by atoms with van der Waals surface area (Å²) in [4.78, 5) is 23.2. The van der Waals surface area contributed by atoms with Crippen LogP contribution in [0.3, 0.4) is 0 Å². The Morgan fingerprint density at radius 3 is 2.58 bits per heavy atom. The molecule has 9 heteroatoms. The van der Waals surface area contributed by atoms with Crippen molar-refractivity contribution in [2.24, 2.45) is 0 Å². The molecule has 144 valence electrons. The van der Waals surface area contributed by atoms with Crippen molar-refractivity contribution in [3.8, 4) is 0 Å². The third kappa shape index (κ3) is 5.77. The van der Waals surface area contributed by atoms with Crippen molar-refractivity contribution in [2.75, 3.05) is 6.54 Å². The van der Waals surface area contributed by atoms with Gasteiger partial charge in [0.1, 0.15) is 10.7 Å². The van der Waals surface area contributed by atoms with E-state index in [1.54, 1.807) is 0 Å². The molecule has 0 saturated heterocycles. The van der Waals surface area contributed by atoms with Gasteiger partial charge in [-0.1, -0.05) is 25.0 Å². The molecule has 1 saturated carbocycles. The third-order valence-corrected chi connectivity index (χ3v) is 5.62. The predicted octanol–water partition coefficient (Wildman–Crippen LogP) is 1.48. The van der Waals surface area contributed by atoms with E-state index in [-0.39, 0.29) is 24.9 Å². The van der Waals surface area contributed by atoms with Gasteiger partial charge in [-0.25, -0.2) is 17.5 Å². The second-order valence-corrected chi connectivity index (χ2v) is 7.94. The molecule has 1 aromatic carbocycles. The van der Waals surface area contributed by atoms with Crippen molar-refractivity contribution in [3.63, 3.8) is 0 Å². The molecule has 0 aliphatic heterocycles. The highest BCUT2D eigenvalue weighted by molar-refractivity contribution is 7.89. The highest BCUT2D eigenvalue weighted by Crippen LogP contribution is 2.18. The van der Waals surface area contributed by atoms with Crippen molar-refractivity contribution in [2.45, 2.75) is 56.1 Å². The number of amides is 1. The molecule has 0 radical (unpaired) electrons. The zero-order valence-electron chi connectivity index (χ0n) is 14.5. The zero-order valence-corrected chi connectivity index (χ0v) is 15.4. The summed E-state index contributed by atoms with van der Waals surface area (Å²) < 4.78 is 44.7. The smallest absolute Gasteiger partial charge is 0.307 e. The monoisotopic (exact) mass is 386 g/mol. The molecule has 1 atom stereocenters. The Morgan fingerprint density at radius 2 is 1.92 bits per heavy atom. The summed E-state index contributed by atoms with van der Waals surface area (Å²) >= 11 is 0. The van der Waals surface area contributed by atoms with E-state index in [9.17, 15) is 22.4 Å². The van der Waals surface area contributed by atoms with Gasteiger partial charge >= 0.3 is 5.97 Å². The number of esters is 1. The summed E-state index contributed by atoms with van der Waals surface area (Å²) in [6.45, 7) is 1.21. The first-order valence-electron chi connectivity index (χ1n) is 8.53. The Hall–Kier alpha value is -2.00. The fourth-order valence-electron chi connectivity index (χ4n) is 2.73. The molecule has 0 unspecified atom stereocenters. The number of carbonyl (C=O) groups excluding carboxylic acids is 2. The van der Waals surface area contributed by atoms with Crippen LogP contribution in [0.15, 0.2) is 29.2 Å². The standard InChI is InChI=1S/C17H23FN2O5S/c1-12(17(22)20-13-6-2-3-7-13)25-16(21)10-11-19-26(23,24)15-9-5-4-8-14(15)18/h4-5,8-9,12-13,19H,2-3,6-7,10-11H2,1H3,(H,20,22)/t12-/m1/s1. The minimum absolute atomic E-state index is 0.122. The van der Waals surface area contributed by atoms with E-state index in [4.69, 9.17) is 4.74 Å². The fourth-order valence-corrected chi connectivity index (χ4v) is 3.83. The number of carbonyl (C=O) groups is 2. The summed E-state index contributed by atoms with van der Waals surface area (Å²) in [5.41, 5.74) is 0. The van der Waals surface area contributed by atoms with Crippen LogP contribution in [0, 0.1) is 5.82 Å². The maximum absolute atomic E-state index is 13.5. The molecule has 0 aromatic heterocycles. The SMILES string of the molecule is C[C@@H](OC(=O)CCNS(=O)(=O)c1ccccc1F)C(=O)NC1CCCC1. The van der Waals surface area contributed by atoms with Gasteiger partial charge in [-0.15, -0.1) is 0 Å². The van der Waals surface area contributed by atoms with Gasteiger partial charge in [0, 0.05) is 12.6 Å². The summed E-state index contributed by atoms with van der Waals surface area (Å²) in [5.74, 6) is -1.95. The Bertz CT molecular complexity index is 747. The highest BCUT2D eigenvalue weighted by atomic mass is 32.2. The van der Waals surface area contributed by atoms with Crippen molar-refractivity contribution in [1.82, 2.24) is 10.0 Å². The minimum Gasteiger partial charge on any atom is -0.453 e. The molecule has 1 aromatic rings. The molecule has 7 nitrogen and oxygen atoms in total. The molecule has 1 aliphatic rings. The number of rotatable bonds is 8. The normalized spacial score (nSPS) is 16.2. The molecule has 0 heterocycles. The molecule has 1 fully saturated rings. The Balaban J connectivity index is 1.76. The first-order valence-corrected chi connectivity index (χ1v) is 10.0. The van der Waals surface area contributed by atoms with E-state index in [1.165, 1.54) is 19.1 Å². The van der Waals surface area contributed by atoms with Crippen LogP contribution in [0.4, 0.5) is 4.39 Å². The molecule has 2 rings (SSSR count). The number of nitrogens with one attached hydrogen (secondary N) is 2. The Labute approximate surface area is 152 Å². The van der Waals surface area contributed by atoms with Gasteiger partial charge in [-0.05, 0) is 31.9 Å². The molecule has 0 spiro atoms. The molecular weight excluding hydrogens is 363 g/mol. The minimum atomic E-state index is -4.06. The van der Waals surface area contributed by atoms with E-state index in [0.717, 1.165) is 37.8 Å². The van der Waals surface area contributed by atoms with Gasteiger partial charge in [0.05, 0.1) is 6.42 Å². The van der Waals surface area contributed by atoms with Crippen LogP contribution in [0.1, 0.15) is 39.0 Å². The highest BCUT2D eigenvalue weighted by Gasteiger charge is 2.23. The number of hydrogen-bond acceptors (Lipinski definition) is 5. The lowest BCUT2D eigenvalue weighted by molar-refractivity contribution is -0.154. The van der Waals surface area contributed by atoms with Gasteiger partial charge in [-0.2, -0.15) is 0 Å². The average molecular weight is 386 g/mol. The Kier molecular flexibility index (Phi) is 7.10. The third-order valence-electron chi connectivity index (χ3n) is 4.13. The van der Waals surface area contributed by atoms with Gasteiger partial charge in [0.25, 0.3) is 5.91 Å². The van der Waals surface area contributed by atoms with Crippen LogP contribution in [-0.4, -0.2) is 39.0 Å². The van der Waals surface area contributed by atoms with Crippen LogP contribution in [0.2, 0.25) is 0 Å². The summed E-state index contributed by atoms with van der Waals surface area (Å²) in [7, 11) is -4.06. The fraction of sp³-hybridized carbons (Fsp3) is 0.529. The van der Waals surface area contributed by atoms with Gasteiger partial charge < -0.3 is 10.1 Å². The second kappa shape index (κ2) is 9.09. The quantitative estimate of drug-likeness (QED) is 0.659. The van der Waals surface area contributed by atoms with Gasteiger partial charge in [0.15, 0.2) is 6.10 Å². The number of halogens is 1. The van der Waals surface area contributed by atoms with E-state index in [1.807, 2.05) is 0 Å². The van der Waals surface area contributed by atoms with E-state index < -0.39 is 32.8 Å². The molecule has 0 bridgehead atoms. The molecular formula is C17H23FN2O5S. The largest absolute Gasteiger partial charge is 0.453 e. The van der Waals surface area contributed by atoms with Gasteiger partial charge in [0.2, 0.25) is 10.0 Å². The first kappa shape index (κ1) is 20.3. The van der Waals surface area contributed by atoms with E-state index >= 15 is 0 Å². The lowest BCUT2D eigenvalue weighted by atomic mass is 10.2. The van der Waals surface area contributed by atoms with Crippen LogP contribution < -0.4 is 10.0 Å². The predicted molar refractivity (Wildman–Crippen MR) is 92.2 cm³/mol. The van der Waals surface area contributed by atoms with Crippen LogP contribution in [0.5, 0.6) is 0 Å². The summed E-state index contributed by atoms with van der Waals surface area (Å²) in [5, 5.41) is 2.82. The van der Waals surface area contributed by atoms with Crippen molar-refractivity contribution < 1.29 is 27.1 Å². The molecule has 2 N–H and O–H groups in total. The molecule has 26 heavy (non-hydrogen) atoms. The lowest BCUT2D eigenvalue weighted by Crippen LogP contribution is -2.41. The second-order valence-electron chi connectivity index (χ2n) is 6.20.